The molecule has 0 atom stereocenters. The summed E-state index contributed by atoms with van der Waals surface area (Å²) in [6, 6.07) is 0. The average molecular weight is 174 g/mol. The summed E-state index contributed by atoms with van der Waals surface area (Å²) in [4.78, 5) is 0. The number of rotatable bonds is 4. The summed E-state index contributed by atoms with van der Waals surface area (Å²) in [5, 5.41) is 0. The summed E-state index contributed by atoms with van der Waals surface area (Å²) >= 11 is 0. The molecule has 0 nitrogen and oxygen atoms in total. The highest BCUT2D eigenvalue weighted by atomic mass is 14.1. The molecule has 0 radical (unpaired) electrons. The van der Waals surface area contributed by atoms with Crippen molar-refractivity contribution in [3.05, 3.63) is 60.3 Å². The van der Waals surface area contributed by atoms with Crippen LogP contribution in [0.15, 0.2) is 60.3 Å². The SMILES string of the molecule is C=CC(C(=C)C)=C(C(=C)C)C(=C)C. The number of allylic oxidation sites excluding steroid dienone is 6. The van der Waals surface area contributed by atoms with Crippen molar-refractivity contribution in [1.82, 2.24) is 0 Å². The zero-order valence-electron chi connectivity index (χ0n) is 8.91. The van der Waals surface area contributed by atoms with Gasteiger partial charge in [0, 0.05) is 0 Å². The van der Waals surface area contributed by atoms with Gasteiger partial charge in [-0.3, -0.25) is 0 Å². The minimum absolute atomic E-state index is 0.996. The first-order valence-electron chi connectivity index (χ1n) is 4.26. The molecule has 0 spiro atoms. The lowest BCUT2D eigenvalue weighted by Gasteiger charge is -2.12. The van der Waals surface area contributed by atoms with E-state index in [1.807, 2.05) is 20.8 Å². The molecule has 0 aliphatic rings. The third-order valence-electron chi connectivity index (χ3n) is 1.79. The molecule has 0 aromatic rings. The van der Waals surface area contributed by atoms with Crippen LogP contribution >= 0.6 is 0 Å². The van der Waals surface area contributed by atoms with E-state index in [1.54, 1.807) is 6.08 Å². The molecular formula is C13H18. The predicted molar refractivity (Wildman–Crippen MR) is 61.7 cm³/mol. The summed E-state index contributed by atoms with van der Waals surface area (Å²) in [5.74, 6) is 0. The molecule has 0 unspecified atom stereocenters. The van der Waals surface area contributed by atoms with Gasteiger partial charge in [-0.1, -0.05) is 49.1 Å². The van der Waals surface area contributed by atoms with Gasteiger partial charge in [0.1, 0.15) is 0 Å². The Morgan fingerprint density at radius 2 is 1.23 bits per heavy atom. The summed E-state index contributed by atoms with van der Waals surface area (Å²) in [6.07, 6.45) is 1.81. The van der Waals surface area contributed by atoms with Crippen LogP contribution in [0.4, 0.5) is 0 Å². The van der Waals surface area contributed by atoms with Gasteiger partial charge >= 0.3 is 0 Å². The van der Waals surface area contributed by atoms with Crippen LogP contribution < -0.4 is 0 Å². The Morgan fingerprint density at radius 1 is 0.846 bits per heavy atom. The topological polar surface area (TPSA) is 0 Å². The van der Waals surface area contributed by atoms with Gasteiger partial charge in [0.15, 0.2) is 0 Å². The van der Waals surface area contributed by atoms with Crippen molar-refractivity contribution >= 4 is 0 Å². The first-order chi connectivity index (χ1) is 5.91. The van der Waals surface area contributed by atoms with Crippen LogP contribution in [0, 0.1) is 0 Å². The predicted octanol–water partition coefficient (Wildman–Crippen LogP) is 4.20. The van der Waals surface area contributed by atoms with E-state index >= 15 is 0 Å². The van der Waals surface area contributed by atoms with E-state index in [-0.39, 0.29) is 0 Å². The van der Waals surface area contributed by atoms with Crippen LogP contribution in [0.1, 0.15) is 20.8 Å². The number of hydrogen-bond donors (Lipinski definition) is 0. The Morgan fingerprint density at radius 3 is 1.31 bits per heavy atom. The van der Waals surface area contributed by atoms with E-state index in [0.29, 0.717) is 0 Å². The zero-order valence-corrected chi connectivity index (χ0v) is 8.91. The smallest absolute Gasteiger partial charge is 0.0135 e. The lowest BCUT2D eigenvalue weighted by Crippen LogP contribution is -1.93. The number of hydrogen-bond acceptors (Lipinski definition) is 0. The van der Waals surface area contributed by atoms with Crippen LogP contribution in [0.2, 0.25) is 0 Å². The molecule has 0 heteroatoms. The molecule has 0 saturated carbocycles. The standard InChI is InChI=1S/C13H18/c1-8-12(9(2)3)13(10(4)5)11(6)7/h8H,1-2,4,6H2,3,5,7H3. The molecule has 0 N–H and O–H groups in total. The van der Waals surface area contributed by atoms with Crippen molar-refractivity contribution in [3.8, 4) is 0 Å². The van der Waals surface area contributed by atoms with Crippen LogP contribution in [0.25, 0.3) is 0 Å². The fourth-order valence-electron chi connectivity index (χ4n) is 1.31. The van der Waals surface area contributed by atoms with Crippen molar-refractivity contribution in [1.29, 1.82) is 0 Å². The Kier molecular flexibility index (Phi) is 4.19. The fraction of sp³-hybridized carbons (Fsp3) is 0.231. The largest absolute Gasteiger partial charge is 0.0984 e. The lowest BCUT2D eigenvalue weighted by molar-refractivity contribution is 1.28. The Balaban J connectivity index is 5.53. The van der Waals surface area contributed by atoms with E-state index in [9.17, 15) is 0 Å². The summed E-state index contributed by atoms with van der Waals surface area (Å²) in [7, 11) is 0. The lowest BCUT2D eigenvalue weighted by atomic mass is 9.93. The molecule has 0 aromatic carbocycles. The van der Waals surface area contributed by atoms with Gasteiger partial charge in [-0.05, 0) is 31.9 Å². The van der Waals surface area contributed by atoms with Crippen molar-refractivity contribution in [2.24, 2.45) is 0 Å². The Labute approximate surface area is 81.7 Å². The van der Waals surface area contributed by atoms with Crippen molar-refractivity contribution in [2.75, 3.05) is 0 Å². The molecule has 0 fully saturated rings. The monoisotopic (exact) mass is 174 g/mol. The summed E-state index contributed by atoms with van der Waals surface area (Å²) < 4.78 is 0. The van der Waals surface area contributed by atoms with Crippen molar-refractivity contribution in [2.45, 2.75) is 20.8 Å². The maximum Gasteiger partial charge on any atom is -0.0135 e. The van der Waals surface area contributed by atoms with E-state index < -0.39 is 0 Å². The molecular weight excluding hydrogens is 156 g/mol. The van der Waals surface area contributed by atoms with E-state index in [1.165, 1.54) is 0 Å². The Bertz CT molecular complexity index is 282. The van der Waals surface area contributed by atoms with Gasteiger partial charge in [0.25, 0.3) is 0 Å². The van der Waals surface area contributed by atoms with Gasteiger partial charge < -0.3 is 0 Å². The fourth-order valence-corrected chi connectivity index (χ4v) is 1.31. The quantitative estimate of drug-likeness (QED) is 0.560. The molecule has 0 aliphatic heterocycles. The molecule has 13 heavy (non-hydrogen) atoms. The second kappa shape index (κ2) is 4.66. The van der Waals surface area contributed by atoms with E-state index in [4.69, 9.17) is 0 Å². The second-order valence-electron chi connectivity index (χ2n) is 3.33. The molecule has 70 valence electrons. The third kappa shape index (κ3) is 2.90. The molecule has 0 amide bonds. The molecule has 0 rings (SSSR count). The van der Waals surface area contributed by atoms with Crippen molar-refractivity contribution in [3.63, 3.8) is 0 Å². The minimum atomic E-state index is 0.996. The normalized spacial score (nSPS) is 8.85. The van der Waals surface area contributed by atoms with Gasteiger partial charge in [0.2, 0.25) is 0 Å². The highest BCUT2D eigenvalue weighted by Gasteiger charge is 2.05. The molecule has 0 aliphatic carbocycles. The molecule has 0 saturated heterocycles. The van der Waals surface area contributed by atoms with Gasteiger partial charge in [-0.2, -0.15) is 0 Å². The Hall–Kier alpha value is -1.30. The van der Waals surface area contributed by atoms with Crippen molar-refractivity contribution < 1.29 is 0 Å². The molecule has 0 bridgehead atoms. The van der Waals surface area contributed by atoms with Crippen LogP contribution in [-0.4, -0.2) is 0 Å². The van der Waals surface area contributed by atoms with Crippen LogP contribution in [-0.2, 0) is 0 Å². The highest BCUT2D eigenvalue weighted by molar-refractivity contribution is 5.54. The highest BCUT2D eigenvalue weighted by Crippen LogP contribution is 2.24. The molecule has 0 aromatic heterocycles. The van der Waals surface area contributed by atoms with Crippen LogP contribution in [0.3, 0.4) is 0 Å². The van der Waals surface area contributed by atoms with E-state index in [0.717, 1.165) is 27.9 Å². The van der Waals surface area contributed by atoms with E-state index in [2.05, 4.69) is 26.3 Å². The second-order valence-corrected chi connectivity index (χ2v) is 3.33. The zero-order chi connectivity index (χ0) is 10.6. The average Bonchev–Trinajstić information content (AvgIpc) is 1.97. The summed E-state index contributed by atoms with van der Waals surface area (Å²) in [6.45, 7) is 21.4. The van der Waals surface area contributed by atoms with Crippen LogP contribution in [0.5, 0.6) is 0 Å². The molecule has 0 heterocycles. The first kappa shape index (κ1) is 11.7. The van der Waals surface area contributed by atoms with Gasteiger partial charge in [-0.15, -0.1) is 0 Å². The van der Waals surface area contributed by atoms with Gasteiger partial charge in [0.05, 0.1) is 0 Å². The minimum Gasteiger partial charge on any atom is -0.0984 e. The maximum atomic E-state index is 3.92. The first-order valence-corrected chi connectivity index (χ1v) is 4.26. The third-order valence-corrected chi connectivity index (χ3v) is 1.79. The maximum absolute atomic E-state index is 3.92. The van der Waals surface area contributed by atoms with Gasteiger partial charge in [-0.25, -0.2) is 0 Å². The summed E-state index contributed by atoms with van der Waals surface area (Å²) in [5.41, 5.74) is 5.12.